The second-order valence-electron chi connectivity index (χ2n) is 5.22. The van der Waals surface area contributed by atoms with E-state index in [1.54, 1.807) is 13.0 Å². The molecule has 1 aromatic rings. The summed E-state index contributed by atoms with van der Waals surface area (Å²) in [6.45, 7) is 1.75. The molecule has 0 radical (unpaired) electrons. The molecule has 0 aromatic carbocycles. The number of nitrogens with one attached hydrogen (secondary N) is 3. The lowest BCUT2D eigenvalue weighted by Crippen LogP contribution is -2.48. The molecule has 8 heteroatoms. The molecule has 114 valence electrons. The SMILES string of the molecule is Cc1cc(C(=O)NNC(=O)[C@@H]2CCCC[C@@H]2C(=O)O)n[nH]1. The highest BCUT2D eigenvalue weighted by Gasteiger charge is 2.35. The molecule has 0 spiro atoms. The van der Waals surface area contributed by atoms with Gasteiger partial charge in [0.1, 0.15) is 0 Å². The Morgan fingerprint density at radius 1 is 1.24 bits per heavy atom. The Morgan fingerprint density at radius 3 is 2.48 bits per heavy atom. The Bertz CT molecular complexity index is 554. The quantitative estimate of drug-likeness (QED) is 0.599. The number of amides is 2. The number of hydrogen-bond acceptors (Lipinski definition) is 4. The van der Waals surface area contributed by atoms with Crippen LogP contribution in [0, 0.1) is 18.8 Å². The van der Waals surface area contributed by atoms with Crippen LogP contribution >= 0.6 is 0 Å². The van der Waals surface area contributed by atoms with E-state index in [1.807, 2.05) is 0 Å². The molecule has 1 fully saturated rings. The second-order valence-corrected chi connectivity index (χ2v) is 5.22. The Hall–Kier alpha value is -2.38. The number of aromatic amines is 1. The van der Waals surface area contributed by atoms with Crippen LogP contribution in [0.2, 0.25) is 0 Å². The molecule has 1 heterocycles. The zero-order chi connectivity index (χ0) is 15.4. The van der Waals surface area contributed by atoms with Crippen LogP contribution in [0.1, 0.15) is 41.9 Å². The van der Waals surface area contributed by atoms with Gasteiger partial charge >= 0.3 is 5.97 Å². The van der Waals surface area contributed by atoms with Gasteiger partial charge in [0.05, 0.1) is 11.8 Å². The summed E-state index contributed by atoms with van der Waals surface area (Å²) >= 11 is 0. The van der Waals surface area contributed by atoms with Crippen molar-refractivity contribution in [2.45, 2.75) is 32.6 Å². The van der Waals surface area contributed by atoms with Gasteiger partial charge in [-0.2, -0.15) is 5.10 Å². The topological polar surface area (TPSA) is 124 Å². The molecule has 21 heavy (non-hydrogen) atoms. The highest BCUT2D eigenvalue weighted by molar-refractivity contribution is 5.94. The van der Waals surface area contributed by atoms with Gasteiger partial charge < -0.3 is 5.11 Å². The minimum Gasteiger partial charge on any atom is -0.481 e. The monoisotopic (exact) mass is 294 g/mol. The number of aromatic nitrogens is 2. The van der Waals surface area contributed by atoms with Crippen LogP contribution in [-0.4, -0.2) is 33.1 Å². The van der Waals surface area contributed by atoms with E-state index in [4.69, 9.17) is 5.11 Å². The van der Waals surface area contributed by atoms with Gasteiger partial charge in [-0.05, 0) is 25.8 Å². The molecule has 1 aromatic heterocycles. The van der Waals surface area contributed by atoms with Crippen LogP contribution in [0.5, 0.6) is 0 Å². The van der Waals surface area contributed by atoms with Crippen molar-refractivity contribution < 1.29 is 19.5 Å². The average molecular weight is 294 g/mol. The summed E-state index contributed by atoms with van der Waals surface area (Å²) in [7, 11) is 0. The Labute approximate surface area is 121 Å². The van der Waals surface area contributed by atoms with Gasteiger partial charge in [-0.15, -0.1) is 0 Å². The summed E-state index contributed by atoms with van der Waals surface area (Å²) in [5, 5.41) is 15.5. The minimum absolute atomic E-state index is 0.159. The van der Waals surface area contributed by atoms with Crippen LogP contribution in [-0.2, 0) is 9.59 Å². The normalized spacial score (nSPS) is 21.6. The first kappa shape index (κ1) is 15.0. The van der Waals surface area contributed by atoms with Crippen molar-refractivity contribution in [3.05, 3.63) is 17.5 Å². The van der Waals surface area contributed by atoms with Gasteiger partial charge in [-0.1, -0.05) is 12.8 Å². The van der Waals surface area contributed by atoms with Gasteiger partial charge in [0.25, 0.3) is 5.91 Å². The largest absolute Gasteiger partial charge is 0.481 e. The third-order valence-corrected chi connectivity index (χ3v) is 3.66. The minimum atomic E-state index is -0.968. The predicted octanol–water partition coefficient (Wildman–Crippen LogP) is 0.370. The van der Waals surface area contributed by atoms with Crippen molar-refractivity contribution in [2.24, 2.45) is 11.8 Å². The molecular weight excluding hydrogens is 276 g/mol. The molecule has 0 saturated heterocycles. The van der Waals surface area contributed by atoms with Crippen molar-refractivity contribution in [3.63, 3.8) is 0 Å². The third-order valence-electron chi connectivity index (χ3n) is 3.66. The lowest BCUT2D eigenvalue weighted by atomic mass is 9.79. The zero-order valence-corrected chi connectivity index (χ0v) is 11.7. The molecule has 0 aliphatic heterocycles. The summed E-state index contributed by atoms with van der Waals surface area (Å²) in [5.74, 6) is -3.29. The van der Waals surface area contributed by atoms with Gasteiger partial charge in [0, 0.05) is 5.69 Å². The first-order valence-corrected chi connectivity index (χ1v) is 6.84. The number of rotatable bonds is 3. The number of H-pyrrole nitrogens is 1. The van der Waals surface area contributed by atoms with E-state index >= 15 is 0 Å². The third kappa shape index (κ3) is 3.59. The standard InChI is InChI=1S/C13H18N4O4/c1-7-6-10(15-14-7)12(19)17-16-11(18)8-4-2-3-5-9(8)13(20)21/h6,8-9H,2-5H2,1H3,(H,14,15)(H,16,18)(H,17,19)(H,20,21)/t8-,9+/m1/s1. The zero-order valence-electron chi connectivity index (χ0n) is 11.7. The number of carboxylic acids is 1. The van der Waals surface area contributed by atoms with E-state index < -0.39 is 29.6 Å². The molecule has 2 rings (SSSR count). The summed E-state index contributed by atoms with van der Waals surface area (Å²) in [5.41, 5.74) is 5.43. The number of hydrazine groups is 1. The number of aliphatic carboxylic acids is 1. The number of carbonyl (C=O) groups is 3. The number of carboxylic acid groups (broad SMARTS) is 1. The van der Waals surface area contributed by atoms with Crippen LogP contribution in [0.25, 0.3) is 0 Å². The van der Waals surface area contributed by atoms with Crippen LogP contribution in [0.4, 0.5) is 0 Å². The molecular formula is C13H18N4O4. The second kappa shape index (κ2) is 6.38. The van der Waals surface area contributed by atoms with Crippen molar-refractivity contribution in [2.75, 3.05) is 0 Å². The maximum atomic E-state index is 12.0. The Balaban J connectivity index is 1.91. The van der Waals surface area contributed by atoms with E-state index in [9.17, 15) is 14.4 Å². The smallest absolute Gasteiger partial charge is 0.307 e. The van der Waals surface area contributed by atoms with Crippen molar-refractivity contribution in [1.29, 1.82) is 0 Å². The summed E-state index contributed by atoms with van der Waals surface area (Å²) in [6, 6.07) is 1.54. The van der Waals surface area contributed by atoms with Crippen molar-refractivity contribution >= 4 is 17.8 Å². The molecule has 1 aliphatic rings. The van der Waals surface area contributed by atoms with E-state index in [0.29, 0.717) is 12.8 Å². The molecule has 0 bridgehead atoms. The van der Waals surface area contributed by atoms with E-state index in [1.165, 1.54) is 0 Å². The summed E-state index contributed by atoms with van der Waals surface area (Å²) in [6.07, 6.45) is 2.62. The molecule has 2 amide bonds. The fourth-order valence-electron chi connectivity index (χ4n) is 2.55. The fourth-order valence-corrected chi connectivity index (χ4v) is 2.55. The molecule has 4 N–H and O–H groups in total. The van der Waals surface area contributed by atoms with Crippen LogP contribution in [0.3, 0.4) is 0 Å². The van der Waals surface area contributed by atoms with E-state index in [2.05, 4.69) is 21.0 Å². The lowest BCUT2D eigenvalue weighted by molar-refractivity contribution is -0.149. The van der Waals surface area contributed by atoms with E-state index in [0.717, 1.165) is 18.5 Å². The maximum absolute atomic E-state index is 12.0. The molecule has 1 saturated carbocycles. The number of hydrogen-bond donors (Lipinski definition) is 4. The van der Waals surface area contributed by atoms with Gasteiger partial charge in [0.2, 0.25) is 5.91 Å². The molecule has 2 atom stereocenters. The van der Waals surface area contributed by atoms with Crippen LogP contribution in [0.15, 0.2) is 6.07 Å². The highest BCUT2D eigenvalue weighted by atomic mass is 16.4. The summed E-state index contributed by atoms with van der Waals surface area (Å²) in [4.78, 5) is 34.9. The van der Waals surface area contributed by atoms with Crippen molar-refractivity contribution in [3.8, 4) is 0 Å². The predicted molar refractivity (Wildman–Crippen MR) is 72.0 cm³/mol. The van der Waals surface area contributed by atoms with E-state index in [-0.39, 0.29) is 5.69 Å². The summed E-state index contributed by atoms with van der Waals surface area (Å²) < 4.78 is 0. The maximum Gasteiger partial charge on any atom is 0.307 e. The fraction of sp³-hybridized carbons (Fsp3) is 0.538. The van der Waals surface area contributed by atoms with Gasteiger partial charge in [-0.3, -0.25) is 30.3 Å². The van der Waals surface area contributed by atoms with Crippen molar-refractivity contribution in [1.82, 2.24) is 21.0 Å². The molecule has 0 unspecified atom stereocenters. The molecule has 8 nitrogen and oxygen atoms in total. The number of carbonyl (C=O) groups excluding carboxylic acids is 2. The van der Waals surface area contributed by atoms with Gasteiger partial charge in [-0.25, -0.2) is 0 Å². The number of aryl methyl sites for hydroxylation is 1. The highest BCUT2D eigenvalue weighted by Crippen LogP contribution is 2.30. The Kier molecular flexibility index (Phi) is 4.56. The Morgan fingerprint density at radius 2 is 1.90 bits per heavy atom. The average Bonchev–Trinajstić information content (AvgIpc) is 2.91. The first-order chi connectivity index (χ1) is 9.99. The van der Waals surface area contributed by atoms with Crippen LogP contribution < -0.4 is 10.9 Å². The van der Waals surface area contributed by atoms with Gasteiger partial charge in [0.15, 0.2) is 5.69 Å². The molecule has 1 aliphatic carbocycles. The lowest BCUT2D eigenvalue weighted by Gasteiger charge is -2.27. The number of nitrogens with zero attached hydrogens (tertiary/aromatic N) is 1. The first-order valence-electron chi connectivity index (χ1n) is 6.84.